The molecule has 1 saturated carbocycles. The van der Waals surface area contributed by atoms with Crippen molar-refractivity contribution in [3.63, 3.8) is 0 Å². The number of amides is 3. The van der Waals surface area contributed by atoms with Crippen LogP contribution in [0.5, 0.6) is 0 Å². The van der Waals surface area contributed by atoms with E-state index in [1.165, 1.54) is 6.07 Å². The van der Waals surface area contributed by atoms with Crippen molar-refractivity contribution in [3.8, 4) is 0 Å². The van der Waals surface area contributed by atoms with Gasteiger partial charge < -0.3 is 20.2 Å². The molecule has 3 N–H and O–H groups in total. The Morgan fingerprint density at radius 2 is 1.97 bits per heavy atom. The number of benzene rings is 1. The van der Waals surface area contributed by atoms with Crippen LogP contribution in [-0.4, -0.2) is 66.7 Å². The maximum Gasteiger partial charge on any atom is 0.404 e. The van der Waals surface area contributed by atoms with Gasteiger partial charge in [-0.05, 0) is 62.8 Å². The van der Waals surface area contributed by atoms with Gasteiger partial charge in [-0.25, -0.2) is 9.18 Å². The number of imide groups is 1. The van der Waals surface area contributed by atoms with Crippen molar-refractivity contribution >= 4 is 23.6 Å². The molecule has 3 aliphatic rings. The van der Waals surface area contributed by atoms with Gasteiger partial charge in [0.1, 0.15) is 5.82 Å². The van der Waals surface area contributed by atoms with Gasteiger partial charge in [0.15, 0.2) is 0 Å². The average molecular weight is 447 g/mol. The van der Waals surface area contributed by atoms with Crippen molar-refractivity contribution in [2.45, 2.75) is 56.5 Å². The first-order valence-corrected chi connectivity index (χ1v) is 11.4. The van der Waals surface area contributed by atoms with Crippen LogP contribution in [0, 0.1) is 11.7 Å². The summed E-state index contributed by atoms with van der Waals surface area (Å²) >= 11 is 0. The summed E-state index contributed by atoms with van der Waals surface area (Å²) in [4.78, 5) is 38.5. The Hall–Kier alpha value is -2.68. The Balaban J connectivity index is 1.26. The number of carbonyl (C=O) groups excluding carboxylic acids is 2. The molecule has 2 heterocycles. The number of hydrogen-bond acceptors (Lipinski definition) is 5. The van der Waals surface area contributed by atoms with Gasteiger partial charge >= 0.3 is 6.09 Å². The van der Waals surface area contributed by atoms with Crippen LogP contribution in [0.4, 0.5) is 14.9 Å². The SMILES string of the molecule is CN(CC1CCN(c2ccc(C3CCC(=O)NC3=O)cc2F)CC1)C1CC(NC(=O)O)C1. The molecule has 2 aliphatic heterocycles. The third-order valence-electron chi connectivity index (χ3n) is 7.18. The number of piperidine rings is 2. The van der Waals surface area contributed by atoms with E-state index in [1.54, 1.807) is 12.1 Å². The lowest BCUT2D eigenvalue weighted by atomic mass is 9.84. The Bertz CT molecular complexity index is 881. The van der Waals surface area contributed by atoms with Gasteiger partial charge in [0.05, 0.1) is 11.6 Å². The van der Waals surface area contributed by atoms with E-state index in [0.717, 1.165) is 45.3 Å². The van der Waals surface area contributed by atoms with Gasteiger partial charge in [-0.2, -0.15) is 0 Å². The van der Waals surface area contributed by atoms with Crippen molar-refractivity contribution < 1.29 is 23.9 Å². The van der Waals surface area contributed by atoms with E-state index < -0.39 is 12.0 Å². The van der Waals surface area contributed by atoms with Crippen LogP contribution in [0.3, 0.4) is 0 Å². The molecule has 174 valence electrons. The third kappa shape index (κ3) is 5.03. The van der Waals surface area contributed by atoms with Crippen LogP contribution in [0.15, 0.2) is 18.2 Å². The quantitative estimate of drug-likeness (QED) is 0.580. The Kier molecular flexibility index (Phi) is 6.64. The first-order valence-electron chi connectivity index (χ1n) is 11.4. The Labute approximate surface area is 187 Å². The lowest BCUT2D eigenvalue weighted by molar-refractivity contribution is -0.134. The van der Waals surface area contributed by atoms with Crippen molar-refractivity contribution in [1.82, 2.24) is 15.5 Å². The summed E-state index contributed by atoms with van der Waals surface area (Å²) < 4.78 is 14.9. The molecule has 1 aromatic carbocycles. The maximum atomic E-state index is 14.9. The highest BCUT2D eigenvalue weighted by molar-refractivity contribution is 6.00. The number of carboxylic acid groups (broad SMARTS) is 1. The predicted octanol–water partition coefficient (Wildman–Crippen LogP) is 2.29. The second-order valence-corrected chi connectivity index (χ2v) is 9.36. The number of hydrogen-bond donors (Lipinski definition) is 3. The van der Waals surface area contributed by atoms with Crippen LogP contribution in [0.2, 0.25) is 0 Å². The van der Waals surface area contributed by atoms with E-state index in [9.17, 15) is 18.8 Å². The number of nitrogens with zero attached hydrogens (tertiary/aromatic N) is 2. The molecule has 32 heavy (non-hydrogen) atoms. The number of anilines is 1. The number of rotatable bonds is 6. The van der Waals surface area contributed by atoms with Gasteiger partial charge in [-0.15, -0.1) is 0 Å². The lowest BCUT2D eigenvalue weighted by Gasteiger charge is -2.43. The van der Waals surface area contributed by atoms with Crippen molar-refractivity contribution in [2.75, 3.05) is 31.6 Å². The predicted molar refractivity (Wildman–Crippen MR) is 117 cm³/mol. The highest BCUT2D eigenvalue weighted by Crippen LogP contribution is 2.32. The molecule has 8 nitrogen and oxygen atoms in total. The lowest BCUT2D eigenvalue weighted by Crippen LogP contribution is -2.53. The van der Waals surface area contributed by atoms with Crippen LogP contribution < -0.4 is 15.5 Å². The van der Waals surface area contributed by atoms with Gasteiger partial charge in [0.2, 0.25) is 11.8 Å². The summed E-state index contributed by atoms with van der Waals surface area (Å²) in [6, 6.07) is 5.48. The highest BCUT2D eigenvalue weighted by Gasteiger charge is 2.34. The fourth-order valence-corrected chi connectivity index (χ4v) is 5.16. The molecule has 1 atom stereocenters. The van der Waals surface area contributed by atoms with Gasteiger partial charge in [0.25, 0.3) is 0 Å². The summed E-state index contributed by atoms with van der Waals surface area (Å²) in [6.45, 7) is 2.53. The van der Waals surface area contributed by atoms with E-state index >= 15 is 0 Å². The molecule has 2 saturated heterocycles. The van der Waals surface area contributed by atoms with E-state index in [0.29, 0.717) is 29.6 Å². The summed E-state index contributed by atoms with van der Waals surface area (Å²) in [5, 5.41) is 13.7. The standard InChI is InChI=1S/C23H31FN4O4/c1-27(17-11-16(12-17)25-23(31)32)13-14-6-8-28(9-7-14)20-4-2-15(10-19(20)24)18-3-5-21(29)26-22(18)30/h2,4,10,14,16-18,25H,3,5-9,11-13H2,1H3,(H,31,32)(H,26,29,30). The zero-order valence-corrected chi connectivity index (χ0v) is 18.3. The molecule has 0 bridgehead atoms. The van der Waals surface area contributed by atoms with Crippen LogP contribution in [0.1, 0.15) is 50.0 Å². The molecule has 3 amide bonds. The molecule has 9 heteroatoms. The largest absolute Gasteiger partial charge is 0.465 e. The number of halogens is 1. The molecule has 0 radical (unpaired) electrons. The van der Waals surface area contributed by atoms with E-state index in [1.807, 2.05) is 0 Å². The Morgan fingerprint density at radius 3 is 2.59 bits per heavy atom. The molecule has 1 unspecified atom stereocenters. The van der Waals surface area contributed by atoms with E-state index in [4.69, 9.17) is 5.11 Å². The average Bonchev–Trinajstić information content (AvgIpc) is 2.71. The molecule has 4 rings (SSSR count). The van der Waals surface area contributed by atoms with Gasteiger partial charge in [-0.3, -0.25) is 14.9 Å². The minimum atomic E-state index is -0.958. The van der Waals surface area contributed by atoms with Crippen molar-refractivity contribution in [3.05, 3.63) is 29.6 Å². The zero-order chi connectivity index (χ0) is 22.8. The minimum absolute atomic E-state index is 0.0629. The minimum Gasteiger partial charge on any atom is -0.465 e. The van der Waals surface area contributed by atoms with Gasteiger partial charge in [-0.1, -0.05) is 6.07 Å². The van der Waals surface area contributed by atoms with Crippen LogP contribution >= 0.6 is 0 Å². The summed E-state index contributed by atoms with van der Waals surface area (Å²) in [5.41, 5.74) is 1.18. The molecular weight excluding hydrogens is 415 g/mol. The highest BCUT2D eigenvalue weighted by atomic mass is 19.1. The van der Waals surface area contributed by atoms with Crippen LogP contribution in [0.25, 0.3) is 0 Å². The molecule has 0 spiro atoms. The molecule has 1 aliphatic carbocycles. The van der Waals surface area contributed by atoms with Crippen LogP contribution in [-0.2, 0) is 9.59 Å². The summed E-state index contributed by atoms with van der Waals surface area (Å²) in [6.07, 6.45) is 3.39. The smallest absolute Gasteiger partial charge is 0.404 e. The van der Waals surface area contributed by atoms with E-state index in [2.05, 4.69) is 27.5 Å². The first-order chi connectivity index (χ1) is 15.3. The van der Waals surface area contributed by atoms with E-state index in [-0.39, 0.29) is 30.1 Å². The fourth-order valence-electron chi connectivity index (χ4n) is 5.16. The molecular formula is C23H31FN4O4. The monoisotopic (exact) mass is 446 g/mol. The maximum absolute atomic E-state index is 14.9. The zero-order valence-electron chi connectivity index (χ0n) is 18.3. The second kappa shape index (κ2) is 9.44. The third-order valence-corrected chi connectivity index (χ3v) is 7.18. The number of nitrogens with one attached hydrogen (secondary N) is 2. The first kappa shape index (κ1) is 22.5. The Morgan fingerprint density at radius 1 is 1.25 bits per heavy atom. The summed E-state index contributed by atoms with van der Waals surface area (Å²) in [7, 11) is 2.10. The fraction of sp³-hybridized carbons (Fsp3) is 0.609. The topological polar surface area (TPSA) is 102 Å². The molecule has 3 fully saturated rings. The van der Waals surface area contributed by atoms with Gasteiger partial charge in [0, 0.05) is 38.1 Å². The number of carbonyl (C=O) groups is 3. The second-order valence-electron chi connectivity index (χ2n) is 9.36. The summed E-state index contributed by atoms with van der Waals surface area (Å²) in [5.74, 6) is -0.891. The van der Waals surface area contributed by atoms with Crippen molar-refractivity contribution in [1.29, 1.82) is 0 Å². The normalized spacial score (nSPS) is 26.6. The molecule has 1 aromatic rings. The van der Waals surface area contributed by atoms with Crippen molar-refractivity contribution in [2.24, 2.45) is 5.92 Å². The molecule has 0 aromatic heterocycles.